The van der Waals surface area contributed by atoms with Crippen molar-refractivity contribution in [3.8, 4) is 5.75 Å². The molecule has 0 unspecified atom stereocenters. The lowest BCUT2D eigenvalue weighted by molar-refractivity contribution is -0.115. The molecule has 0 radical (unpaired) electrons. The molecule has 6 nitrogen and oxygen atoms in total. The zero-order chi connectivity index (χ0) is 22.9. The molecule has 0 aliphatic carbocycles. The van der Waals surface area contributed by atoms with Gasteiger partial charge in [-0.1, -0.05) is 42.0 Å². The largest absolute Gasteiger partial charge is 0.497 e. The number of anilines is 1. The van der Waals surface area contributed by atoms with Crippen molar-refractivity contribution < 1.29 is 23.2 Å². The molecule has 0 aliphatic heterocycles. The maximum absolute atomic E-state index is 13.2. The summed E-state index contributed by atoms with van der Waals surface area (Å²) in [5.74, 6) is 0.203. The maximum Gasteiger partial charge on any atom is 0.230 e. The van der Waals surface area contributed by atoms with Gasteiger partial charge in [-0.2, -0.15) is 0 Å². The summed E-state index contributed by atoms with van der Waals surface area (Å²) in [6.07, 6.45) is 1.63. The van der Waals surface area contributed by atoms with Crippen molar-refractivity contribution in [2.24, 2.45) is 0 Å². The molecular weight excluding hydrogens is 418 g/mol. The number of ketones is 1. The first-order valence-corrected chi connectivity index (χ1v) is 10.5. The maximum atomic E-state index is 13.2. The number of carbonyl (C=O) groups excluding carboxylic acids is 2. The predicted molar refractivity (Wildman–Crippen MR) is 126 cm³/mol. The van der Waals surface area contributed by atoms with Gasteiger partial charge in [0.1, 0.15) is 16.9 Å². The van der Waals surface area contributed by atoms with Crippen LogP contribution in [-0.4, -0.2) is 18.8 Å². The minimum Gasteiger partial charge on any atom is -0.497 e. The summed E-state index contributed by atoms with van der Waals surface area (Å²) >= 11 is 0. The van der Waals surface area contributed by atoms with Gasteiger partial charge in [-0.25, -0.2) is 0 Å². The third-order valence-electron chi connectivity index (χ3n) is 5.59. The van der Waals surface area contributed by atoms with E-state index in [1.807, 2.05) is 43.3 Å². The highest BCUT2D eigenvalue weighted by Gasteiger charge is 2.24. The first-order chi connectivity index (χ1) is 16.0. The smallest absolute Gasteiger partial charge is 0.230 e. The Morgan fingerprint density at radius 2 is 1.73 bits per heavy atom. The molecule has 164 valence electrons. The molecular formula is C27H21NO5. The van der Waals surface area contributed by atoms with Crippen LogP contribution in [0.5, 0.6) is 5.75 Å². The third kappa shape index (κ3) is 3.87. The van der Waals surface area contributed by atoms with E-state index in [1.54, 1.807) is 43.7 Å². The van der Waals surface area contributed by atoms with Crippen molar-refractivity contribution in [2.75, 3.05) is 12.4 Å². The second-order valence-electron chi connectivity index (χ2n) is 7.85. The topological polar surface area (TPSA) is 81.7 Å². The van der Waals surface area contributed by atoms with Crippen LogP contribution in [0.4, 0.5) is 5.69 Å². The van der Waals surface area contributed by atoms with Gasteiger partial charge in [0.2, 0.25) is 11.7 Å². The molecule has 33 heavy (non-hydrogen) atoms. The van der Waals surface area contributed by atoms with Gasteiger partial charge < -0.3 is 18.9 Å². The molecule has 0 atom stereocenters. The third-order valence-corrected chi connectivity index (χ3v) is 5.59. The number of rotatable bonds is 6. The molecule has 0 aliphatic rings. The fourth-order valence-electron chi connectivity index (χ4n) is 3.85. The molecule has 1 N–H and O–H groups in total. The number of aryl methyl sites for hydroxylation is 1. The van der Waals surface area contributed by atoms with Crippen LogP contribution in [0, 0.1) is 6.92 Å². The Balaban J connectivity index is 1.48. The van der Waals surface area contributed by atoms with Gasteiger partial charge in [0.15, 0.2) is 5.76 Å². The van der Waals surface area contributed by atoms with Crippen molar-refractivity contribution in [3.05, 3.63) is 95.4 Å². The highest BCUT2D eigenvalue weighted by molar-refractivity contribution is 6.17. The first kappa shape index (κ1) is 20.6. The quantitative estimate of drug-likeness (QED) is 0.333. The zero-order valence-corrected chi connectivity index (χ0v) is 18.2. The monoisotopic (exact) mass is 439 g/mol. The number of amides is 1. The number of nitrogens with one attached hydrogen (secondary N) is 1. The second-order valence-corrected chi connectivity index (χ2v) is 7.85. The molecule has 0 fully saturated rings. The Hall–Kier alpha value is -4.32. The predicted octanol–water partition coefficient (Wildman–Crippen LogP) is 5.91. The Kier molecular flexibility index (Phi) is 5.18. The van der Waals surface area contributed by atoms with Gasteiger partial charge in [-0.15, -0.1) is 0 Å². The molecule has 0 bridgehead atoms. The Bertz CT molecular complexity index is 1490. The minimum absolute atomic E-state index is 0.0673. The lowest BCUT2D eigenvalue weighted by atomic mass is 10.1. The van der Waals surface area contributed by atoms with Crippen molar-refractivity contribution in [1.29, 1.82) is 0 Å². The second kappa shape index (κ2) is 8.31. The molecule has 1 amide bonds. The van der Waals surface area contributed by atoms with Crippen molar-refractivity contribution in [2.45, 2.75) is 13.3 Å². The molecule has 0 saturated carbocycles. The van der Waals surface area contributed by atoms with Gasteiger partial charge >= 0.3 is 0 Å². The number of methoxy groups -OCH3 is 1. The van der Waals surface area contributed by atoms with E-state index in [2.05, 4.69) is 5.32 Å². The minimum atomic E-state index is -0.292. The SMILES string of the molecule is COc1ccc2occ(CC(=O)Nc3c(C(=O)c4ccc(C)cc4)oc4ccccc34)c2c1. The molecule has 6 heteroatoms. The Morgan fingerprint density at radius 3 is 2.52 bits per heavy atom. The molecule has 0 spiro atoms. The first-order valence-electron chi connectivity index (χ1n) is 10.5. The molecule has 5 rings (SSSR count). The standard InChI is InChI=1S/C27H21NO5/c1-16-7-9-17(10-8-16)26(30)27-25(20-5-3-4-6-23(20)33-27)28-24(29)13-18-15-32-22-12-11-19(31-2)14-21(18)22/h3-12,14-15H,13H2,1-2H3,(H,28,29). The van der Waals surface area contributed by atoms with Crippen LogP contribution in [0.3, 0.4) is 0 Å². The molecule has 2 heterocycles. The summed E-state index contributed by atoms with van der Waals surface area (Å²) in [5.41, 5.74) is 3.83. The van der Waals surface area contributed by atoms with E-state index < -0.39 is 0 Å². The van der Waals surface area contributed by atoms with Crippen molar-refractivity contribution in [1.82, 2.24) is 0 Å². The van der Waals surface area contributed by atoms with Crippen LogP contribution in [0.2, 0.25) is 0 Å². The lowest BCUT2D eigenvalue weighted by Crippen LogP contribution is -2.16. The van der Waals surface area contributed by atoms with Crippen LogP contribution in [-0.2, 0) is 11.2 Å². The summed E-state index contributed by atoms with van der Waals surface area (Å²) in [4.78, 5) is 26.3. The van der Waals surface area contributed by atoms with E-state index in [0.717, 1.165) is 16.5 Å². The van der Waals surface area contributed by atoms with Crippen LogP contribution in [0.15, 0.2) is 81.8 Å². The number of carbonyl (C=O) groups is 2. The Morgan fingerprint density at radius 1 is 0.939 bits per heavy atom. The van der Waals surface area contributed by atoms with Gasteiger partial charge in [-0.05, 0) is 37.3 Å². The van der Waals surface area contributed by atoms with E-state index in [1.165, 1.54) is 0 Å². The van der Waals surface area contributed by atoms with E-state index >= 15 is 0 Å². The summed E-state index contributed by atoms with van der Waals surface area (Å²) in [7, 11) is 1.59. The number of fused-ring (bicyclic) bond motifs is 2. The summed E-state index contributed by atoms with van der Waals surface area (Å²) in [6, 6.07) is 19.9. The molecule has 0 saturated heterocycles. The molecule has 5 aromatic rings. The molecule has 3 aromatic carbocycles. The van der Waals surface area contributed by atoms with E-state index in [0.29, 0.717) is 33.6 Å². The number of hydrogen-bond donors (Lipinski definition) is 1. The summed E-state index contributed by atoms with van der Waals surface area (Å²) in [5, 5.41) is 4.37. The van der Waals surface area contributed by atoms with Gasteiger partial charge in [-0.3, -0.25) is 9.59 Å². The summed E-state index contributed by atoms with van der Waals surface area (Å²) < 4.78 is 16.7. The highest BCUT2D eigenvalue weighted by atomic mass is 16.5. The fraction of sp³-hybridized carbons (Fsp3) is 0.111. The van der Waals surface area contributed by atoms with Gasteiger partial charge in [0.05, 0.1) is 25.5 Å². The Labute approximate surface area is 189 Å². The number of furan rings is 2. The average Bonchev–Trinajstić information content (AvgIpc) is 3.40. The van der Waals surface area contributed by atoms with E-state index in [4.69, 9.17) is 13.6 Å². The van der Waals surface area contributed by atoms with Crippen molar-refractivity contribution in [3.63, 3.8) is 0 Å². The number of benzene rings is 3. The summed E-state index contributed by atoms with van der Waals surface area (Å²) in [6.45, 7) is 1.95. The van der Waals surface area contributed by atoms with E-state index in [9.17, 15) is 9.59 Å². The number of para-hydroxylation sites is 1. The normalized spacial score (nSPS) is 11.1. The fourth-order valence-corrected chi connectivity index (χ4v) is 3.85. The number of ether oxygens (including phenoxy) is 1. The van der Waals surface area contributed by atoms with Crippen LogP contribution in [0.1, 0.15) is 27.2 Å². The zero-order valence-electron chi connectivity index (χ0n) is 18.2. The van der Waals surface area contributed by atoms with E-state index in [-0.39, 0.29) is 23.9 Å². The van der Waals surface area contributed by atoms with Gasteiger partial charge in [0.25, 0.3) is 0 Å². The van der Waals surface area contributed by atoms with Crippen LogP contribution >= 0.6 is 0 Å². The van der Waals surface area contributed by atoms with Gasteiger partial charge in [0, 0.05) is 21.9 Å². The van der Waals surface area contributed by atoms with Crippen LogP contribution in [0.25, 0.3) is 21.9 Å². The van der Waals surface area contributed by atoms with Crippen molar-refractivity contribution >= 4 is 39.3 Å². The molecule has 2 aromatic heterocycles. The number of hydrogen-bond acceptors (Lipinski definition) is 5. The van der Waals surface area contributed by atoms with Crippen LogP contribution < -0.4 is 10.1 Å². The highest BCUT2D eigenvalue weighted by Crippen LogP contribution is 2.33. The lowest BCUT2D eigenvalue weighted by Gasteiger charge is -2.06. The average molecular weight is 439 g/mol.